The topological polar surface area (TPSA) is 77.8 Å². The molecule has 1 aromatic heterocycles. The van der Waals surface area contributed by atoms with Crippen LogP contribution in [-0.4, -0.2) is 15.9 Å². The van der Waals surface area contributed by atoms with Gasteiger partial charge in [-0.3, -0.25) is 4.79 Å². The lowest BCUT2D eigenvalue weighted by molar-refractivity contribution is -0.115. The molecule has 106 valence electrons. The maximum atomic E-state index is 12.1. The van der Waals surface area contributed by atoms with Gasteiger partial charge in [-0.1, -0.05) is 24.3 Å². The van der Waals surface area contributed by atoms with Crippen LogP contribution in [0.25, 0.3) is 11.0 Å². The van der Waals surface area contributed by atoms with Crippen molar-refractivity contribution in [3.8, 4) is 0 Å². The summed E-state index contributed by atoms with van der Waals surface area (Å²) in [6.45, 7) is 1.99. The van der Waals surface area contributed by atoms with E-state index in [4.69, 9.17) is 0 Å². The third-order valence-corrected chi connectivity index (χ3v) is 3.41. The first-order chi connectivity index (χ1) is 10.1. The van der Waals surface area contributed by atoms with E-state index < -0.39 is 0 Å². The smallest absolute Gasteiger partial charge is 0.323 e. The van der Waals surface area contributed by atoms with Crippen LogP contribution in [-0.2, 0) is 11.2 Å². The van der Waals surface area contributed by atoms with Crippen LogP contribution < -0.4 is 11.0 Å². The predicted octanol–water partition coefficient (Wildman–Crippen LogP) is 2.35. The summed E-state index contributed by atoms with van der Waals surface area (Å²) in [7, 11) is 0. The Labute approximate surface area is 121 Å². The molecule has 0 unspecified atom stereocenters. The molecule has 0 saturated carbocycles. The van der Waals surface area contributed by atoms with Crippen molar-refractivity contribution in [1.82, 2.24) is 9.97 Å². The van der Waals surface area contributed by atoms with Crippen molar-refractivity contribution in [2.45, 2.75) is 13.3 Å². The molecule has 1 heterocycles. The van der Waals surface area contributed by atoms with Gasteiger partial charge in [0, 0.05) is 5.69 Å². The summed E-state index contributed by atoms with van der Waals surface area (Å²) in [6.07, 6.45) is 0.328. The van der Waals surface area contributed by atoms with Gasteiger partial charge in [0.2, 0.25) is 5.91 Å². The normalized spacial score (nSPS) is 10.7. The molecule has 2 aromatic carbocycles. The molecule has 0 spiro atoms. The molecule has 3 rings (SSSR count). The number of aromatic nitrogens is 2. The number of aromatic amines is 2. The molecule has 0 aliphatic carbocycles. The largest absolute Gasteiger partial charge is 0.326 e. The van der Waals surface area contributed by atoms with Crippen LogP contribution in [0, 0.1) is 6.92 Å². The number of carbonyl (C=O) groups excluding carboxylic acids is 1. The zero-order valence-electron chi connectivity index (χ0n) is 11.6. The van der Waals surface area contributed by atoms with Gasteiger partial charge in [0.05, 0.1) is 17.5 Å². The van der Waals surface area contributed by atoms with E-state index in [-0.39, 0.29) is 11.6 Å². The second-order valence-corrected chi connectivity index (χ2v) is 4.99. The van der Waals surface area contributed by atoms with E-state index in [9.17, 15) is 9.59 Å². The lowest BCUT2D eigenvalue weighted by Crippen LogP contribution is -2.14. The van der Waals surface area contributed by atoms with Gasteiger partial charge in [-0.15, -0.1) is 0 Å². The predicted molar refractivity (Wildman–Crippen MR) is 82.4 cm³/mol. The SMILES string of the molecule is Cc1ccccc1CC(=O)Nc1ccc2[nH]c(=O)[nH]c2c1. The average molecular weight is 281 g/mol. The molecular weight excluding hydrogens is 266 g/mol. The Hall–Kier alpha value is -2.82. The van der Waals surface area contributed by atoms with Crippen LogP contribution in [0.5, 0.6) is 0 Å². The van der Waals surface area contributed by atoms with Gasteiger partial charge in [-0.2, -0.15) is 0 Å². The third-order valence-electron chi connectivity index (χ3n) is 3.41. The van der Waals surface area contributed by atoms with Gasteiger partial charge < -0.3 is 15.3 Å². The first kappa shape index (κ1) is 13.2. The highest BCUT2D eigenvalue weighted by molar-refractivity contribution is 5.94. The van der Waals surface area contributed by atoms with Crippen LogP contribution >= 0.6 is 0 Å². The summed E-state index contributed by atoms with van der Waals surface area (Å²) in [5.41, 5.74) is 3.90. The Morgan fingerprint density at radius 2 is 1.86 bits per heavy atom. The van der Waals surface area contributed by atoms with E-state index in [0.717, 1.165) is 16.6 Å². The van der Waals surface area contributed by atoms with Gasteiger partial charge in [0.1, 0.15) is 0 Å². The first-order valence-electron chi connectivity index (χ1n) is 6.68. The Bertz CT molecular complexity index is 861. The summed E-state index contributed by atoms with van der Waals surface area (Å²) >= 11 is 0. The van der Waals surface area contributed by atoms with Gasteiger partial charge >= 0.3 is 5.69 Å². The second kappa shape index (κ2) is 5.28. The number of rotatable bonds is 3. The summed E-state index contributed by atoms with van der Waals surface area (Å²) in [5.74, 6) is -0.0819. The number of hydrogen-bond donors (Lipinski definition) is 3. The molecule has 0 aliphatic heterocycles. The molecule has 0 radical (unpaired) electrons. The molecule has 5 nitrogen and oxygen atoms in total. The number of aryl methyl sites for hydroxylation is 1. The molecule has 1 amide bonds. The molecule has 0 saturated heterocycles. The van der Waals surface area contributed by atoms with Gasteiger partial charge in [-0.25, -0.2) is 4.79 Å². The van der Waals surface area contributed by atoms with E-state index in [1.807, 2.05) is 31.2 Å². The fraction of sp³-hybridized carbons (Fsp3) is 0.125. The molecular formula is C16H15N3O2. The minimum absolute atomic E-state index is 0.0819. The first-order valence-corrected chi connectivity index (χ1v) is 6.68. The van der Waals surface area contributed by atoms with Crippen LogP contribution in [0.1, 0.15) is 11.1 Å². The number of amides is 1. The maximum absolute atomic E-state index is 12.1. The highest BCUT2D eigenvalue weighted by Gasteiger charge is 2.07. The van der Waals surface area contributed by atoms with Crippen molar-refractivity contribution >= 4 is 22.6 Å². The highest BCUT2D eigenvalue weighted by atomic mass is 16.1. The monoisotopic (exact) mass is 281 g/mol. The Morgan fingerprint density at radius 3 is 2.67 bits per heavy atom. The highest BCUT2D eigenvalue weighted by Crippen LogP contribution is 2.15. The zero-order chi connectivity index (χ0) is 14.8. The Kier molecular flexibility index (Phi) is 3.31. The Morgan fingerprint density at radius 1 is 1.10 bits per heavy atom. The summed E-state index contributed by atoms with van der Waals surface area (Å²) < 4.78 is 0. The molecule has 3 N–H and O–H groups in total. The van der Waals surface area contributed by atoms with E-state index in [2.05, 4.69) is 15.3 Å². The molecule has 0 aliphatic rings. The molecule has 0 atom stereocenters. The van der Waals surface area contributed by atoms with Crippen molar-refractivity contribution in [2.24, 2.45) is 0 Å². The van der Waals surface area contributed by atoms with Crippen molar-refractivity contribution in [1.29, 1.82) is 0 Å². The molecule has 5 heteroatoms. The number of anilines is 1. The van der Waals surface area contributed by atoms with Crippen LogP contribution in [0.4, 0.5) is 5.69 Å². The number of H-pyrrole nitrogens is 2. The van der Waals surface area contributed by atoms with Crippen molar-refractivity contribution in [3.63, 3.8) is 0 Å². The average Bonchev–Trinajstić information content (AvgIpc) is 2.80. The lowest BCUT2D eigenvalue weighted by atomic mass is 10.1. The van der Waals surface area contributed by atoms with Crippen LogP contribution in [0.15, 0.2) is 47.3 Å². The van der Waals surface area contributed by atoms with Crippen molar-refractivity contribution in [2.75, 3.05) is 5.32 Å². The van der Waals surface area contributed by atoms with Crippen LogP contribution in [0.2, 0.25) is 0 Å². The van der Waals surface area contributed by atoms with E-state index >= 15 is 0 Å². The summed E-state index contributed by atoms with van der Waals surface area (Å²) in [6, 6.07) is 13.1. The Balaban J connectivity index is 1.77. The fourth-order valence-electron chi connectivity index (χ4n) is 2.30. The number of hydrogen-bond acceptors (Lipinski definition) is 2. The van der Waals surface area contributed by atoms with Crippen molar-refractivity contribution in [3.05, 3.63) is 64.1 Å². The summed E-state index contributed by atoms with van der Waals surface area (Å²) in [5, 5.41) is 2.84. The van der Waals surface area contributed by atoms with Gasteiger partial charge in [0.25, 0.3) is 0 Å². The quantitative estimate of drug-likeness (QED) is 0.689. The molecule has 0 bridgehead atoms. The second-order valence-electron chi connectivity index (χ2n) is 4.99. The number of nitrogens with one attached hydrogen (secondary N) is 3. The summed E-state index contributed by atoms with van der Waals surface area (Å²) in [4.78, 5) is 28.6. The molecule has 21 heavy (non-hydrogen) atoms. The van der Waals surface area contributed by atoms with Gasteiger partial charge in [-0.05, 0) is 36.2 Å². The number of imidazole rings is 1. The maximum Gasteiger partial charge on any atom is 0.323 e. The number of carbonyl (C=O) groups is 1. The number of benzene rings is 2. The molecule has 0 fully saturated rings. The standard InChI is InChI=1S/C16H15N3O2/c1-10-4-2-3-5-11(10)8-15(20)17-12-6-7-13-14(9-12)19-16(21)18-13/h2-7,9H,8H2,1H3,(H,17,20)(H2,18,19,21). The third kappa shape index (κ3) is 2.86. The lowest BCUT2D eigenvalue weighted by Gasteiger charge is -2.07. The van der Waals surface area contributed by atoms with Gasteiger partial charge in [0.15, 0.2) is 0 Å². The van der Waals surface area contributed by atoms with E-state index in [1.54, 1.807) is 18.2 Å². The minimum atomic E-state index is -0.256. The minimum Gasteiger partial charge on any atom is -0.326 e. The van der Waals surface area contributed by atoms with Crippen LogP contribution in [0.3, 0.4) is 0 Å². The van der Waals surface area contributed by atoms with E-state index in [0.29, 0.717) is 17.6 Å². The molecule has 3 aromatic rings. The number of fused-ring (bicyclic) bond motifs is 1. The van der Waals surface area contributed by atoms with E-state index in [1.165, 1.54) is 0 Å². The van der Waals surface area contributed by atoms with Crippen molar-refractivity contribution < 1.29 is 4.79 Å². The fourth-order valence-corrected chi connectivity index (χ4v) is 2.30. The zero-order valence-corrected chi connectivity index (χ0v) is 11.6.